The molecule has 9 heteroatoms. The van der Waals surface area contributed by atoms with E-state index in [0.717, 1.165) is 68.0 Å². The molecule has 5 rings (SSSR count). The van der Waals surface area contributed by atoms with E-state index < -0.39 is 21.7 Å². The molecular formula is C22H22F2N4O2S. The Morgan fingerprint density at radius 2 is 1.71 bits per heavy atom. The molecule has 6 nitrogen and oxygen atoms in total. The van der Waals surface area contributed by atoms with Gasteiger partial charge < -0.3 is 4.57 Å². The van der Waals surface area contributed by atoms with E-state index in [4.69, 9.17) is 0 Å². The van der Waals surface area contributed by atoms with Crippen LogP contribution < -0.4 is 4.72 Å². The fraction of sp³-hybridized carbons (Fsp3) is 0.364. The molecule has 0 unspecified atom stereocenters. The van der Waals surface area contributed by atoms with Crippen molar-refractivity contribution in [2.45, 2.75) is 56.4 Å². The van der Waals surface area contributed by atoms with Gasteiger partial charge in [-0.25, -0.2) is 17.2 Å². The summed E-state index contributed by atoms with van der Waals surface area (Å²) in [6.07, 6.45) is 6.43. The van der Waals surface area contributed by atoms with E-state index in [0.29, 0.717) is 12.6 Å². The highest BCUT2D eigenvalue weighted by Crippen LogP contribution is 2.31. The number of anilines is 1. The summed E-state index contributed by atoms with van der Waals surface area (Å²) in [5.41, 5.74) is 1.84. The number of hydrogen-bond acceptors (Lipinski definition) is 4. The van der Waals surface area contributed by atoms with E-state index >= 15 is 0 Å². The average molecular weight is 445 g/mol. The molecule has 0 spiro atoms. The summed E-state index contributed by atoms with van der Waals surface area (Å²) in [5, 5.41) is 8.26. The van der Waals surface area contributed by atoms with Crippen molar-refractivity contribution in [3.63, 3.8) is 0 Å². The highest BCUT2D eigenvalue weighted by atomic mass is 32.2. The first kappa shape index (κ1) is 20.1. The highest BCUT2D eigenvalue weighted by Gasteiger charge is 2.24. The van der Waals surface area contributed by atoms with Crippen LogP contribution >= 0.6 is 0 Å². The number of sulfonamides is 1. The van der Waals surface area contributed by atoms with E-state index in [2.05, 4.69) is 14.9 Å². The molecule has 0 saturated carbocycles. The molecule has 0 amide bonds. The first-order chi connectivity index (χ1) is 14.9. The van der Waals surface area contributed by atoms with Gasteiger partial charge in [0.1, 0.15) is 17.5 Å². The van der Waals surface area contributed by atoms with E-state index in [1.165, 1.54) is 6.07 Å². The topological polar surface area (TPSA) is 76.9 Å². The Hall–Kier alpha value is -2.81. The van der Waals surface area contributed by atoms with Gasteiger partial charge in [-0.2, -0.15) is 0 Å². The largest absolute Gasteiger partial charge is 0.311 e. The van der Waals surface area contributed by atoms with Crippen LogP contribution in [-0.4, -0.2) is 23.2 Å². The minimum Gasteiger partial charge on any atom is -0.311 e. The first-order valence-corrected chi connectivity index (χ1v) is 12.0. The molecular weight excluding hydrogens is 422 g/mol. The maximum absolute atomic E-state index is 14.7. The third kappa shape index (κ3) is 3.71. The zero-order chi connectivity index (χ0) is 21.6. The molecule has 31 heavy (non-hydrogen) atoms. The van der Waals surface area contributed by atoms with Crippen molar-refractivity contribution in [3.8, 4) is 11.4 Å². The highest BCUT2D eigenvalue weighted by molar-refractivity contribution is 7.92. The van der Waals surface area contributed by atoms with Gasteiger partial charge in [0, 0.05) is 19.0 Å². The second-order valence-electron chi connectivity index (χ2n) is 8.10. The van der Waals surface area contributed by atoms with Crippen molar-refractivity contribution in [2.75, 3.05) is 4.72 Å². The Morgan fingerprint density at radius 1 is 0.871 bits per heavy atom. The lowest BCUT2D eigenvalue weighted by Gasteiger charge is -2.13. The summed E-state index contributed by atoms with van der Waals surface area (Å²) >= 11 is 0. The number of aryl methyl sites for hydroxylation is 3. The monoisotopic (exact) mass is 444 g/mol. The van der Waals surface area contributed by atoms with Crippen LogP contribution in [0.15, 0.2) is 35.2 Å². The van der Waals surface area contributed by atoms with Gasteiger partial charge in [0.25, 0.3) is 10.0 Å². The summed E-state index contributed by atoms with van der Waals surface area (Å²) in [5.74, 6) is -0.747. The predicted molar refractivity (Wildman–Crippen MR) is 112 cm³/mol. The minimum absolute atomic E-state index is 0.0219. The molecule has 1 aliphatic heterocycles. The van der Waals surface area contributed by atoms with E-state index in [-0.39, 0.29) is 22.0 Å². The number of aromatic nitrogens is 3. The number of hydrogen-bond donors (Lipinski definition) is 1. The lowest BCUT2D eigenvalue weighted by molar-refractivity contribution is 0.581. The molecule has 2 aliphatic rings. The molecule has 2 heterocycles. The predicted octanol–water partition coefficient (Wildman–Crippen LogP) is 4.24. The molecule has 0 bridgehead atoms. The van der Waals surface area contributed by atoms with Crippen molar-refractivity contribution in [1.29, 1.82) is 0 Å². The zero-order valence-electron chi connectivity index (χ0n) is 16.9. The number of nitrogens with zero attached hydrogens (tertiary/aromatic N) is 3. The summed E-state index contributed by atoms with van der Waals surface area (Å²) in [4.78, 5) is 0.0646. The van der Waals surface area contributed by atoms with Crippen LogP contribution in [0.1, 0.15) is 42.6 Å². The van der Waals surface area contributed by atoms with Gasteiger partial charge in [-0.1, -0.05) is 12.5 Å². The average Bonchev–Trinajstić information content (AvgIpc) is 3.30. The van der Waals surface area contributed by atoms with Gasteiger partial charge >= 0.3 is 0 Å². The van der Waals surface area contributed by atoms with Crippen molar-refractivity contribution < 1.29 is 17.2 Å². The summed E-state index contributed by atoms with van der Waals surface area (Å²) < 4.78 is 59.1. The Bertz CT molecular complexity index is 1270. The van der Waals surface area contributed by atoms with Gasteiger partial charge in [0.05, 0.1) is 16.1 Å². The van der Waals surface area contributed by atoms with Crippen LogP contribution in [0, 0.1) is 11.6 Å². The second-order valence-corrected chi connectivity index (χ2v) is 9.79. The summed E-state index contributed by atoms with van der Waals surface area (Å²) in [6, 6.07) is 6.80. The number of benzene rings is 2. The van der Waals surface area contributed by atoms with Crippen molar-refractivity contribution in [3.05, 3.63) is 58.9 Å². The Balaban J connectivity index is 1.52. The Kier molecular flexibility index (Phi) is 5.00. The molecule has 0 saturated heterocycles. The van der Waals surface area contributed by atoms with Crippen molar-refractivity contribution >= 4 is 15.7 Å². The molecule has 0 atom stereocenters. The number of rotatable bonds is 4. The third-order valence-electron chi connectivity index (χ3n) is 6.03. The van der Waals surface area contributed by atoms with Crippen LogP contribution in [0.25, 0.3) is 11.4 Å². The minimum atomic E-state index is -4.03. The van der Waals surface area contributed by atoms with Gasteiger partial charge in [0.2, 0.25) is 0 Å². The lowest BCUT2D eigenvalue weighted by atomic mass is 10.1. The normalized spacial score (nSPS) is 15.9. The van der Waals surface area contributed by atoms with Crippen LogP contribution in [0.4, 0.5) is 14.5 Å². The van der Waals surface area contributed by atoms with Crippen molar-refractivity contribution in [1.82, 2.24) is 14.8 Å². The Morgan fingerprint density at radius 3 is 2.58 bits per heavy atom. The summed E-state index contributed by atoms with van der Waals surface area (Å²) in [6.45, 7) is 0.644. The number of halogens is 2. The van der Waals surface area contributed by atoms with Gasteiger partial charge in [-0.05, 0) is 61.4 Å². The summed E-state index contributed by atoms with van der Waals surface area (Å²) in [7, 11) is -4.03. The number of fused-ring (bicyclic) bond motifs is 2. The molecule has 3 aromatic rings. The van der Waals surface area contributed by atoms with Gasteiger partial charge in [-0.15, -0.1) is 10.2 Å². The molecule has 162 valence electrons. The fourth-order valence-electron chi connectivity index (χ4n) is 4.40. The second kappa shape index (κ2) is 7.71. The standard InChI is InChI=1S/C22H22F2N4O2S/c23-18-13-19(24)20(12-17(18)22-26-25-21-7-2-1-3-10-28(21)22)27-31(29,30)16-9-8-14-5-4-6-15(14)11-16/h8-9,11-13,27H,1-7,10H2. The third-order valence-corrected chi connectivity index (χ3v) is 7.39. The molecule has 2 aromatic carbocycles. The van der Waals surface area contributed by atoms with Gasteiger partial charge in [-0.3, -0.25) is 4.72 Å². The smallest absolute Gasteiger partial charge is 0.261 e. The SMILES string of the molecule is O=S(=O)(Nc1cc(-c2nnc3n2CCCCC3)c(F)cc1F)c1ccc2c(c1)CCC2. The molecule has 0 radical (unpaired) electrons. The molecule has 1 N–H and O–H groups in total. The van der Waals surface area contributed by atoms with E-state index in [1.807, 2.05) is 4.57 Å². The maximum Gasteiger partial charge on any atom is 0.261 e. The lowest BCUT2D eigenvalue weighted by Crippen LogP contribution is -2.15. The van der Waals surface area contributed by atoms with Crippen LogP contribution in [0.2, 0.25) is 0 Å². The zero-order valence-corrected chi connectivity index (χ0v) is 17.7. The molecule has 0 fully saturated rings. The van der Waals surface area contributed by atoms with E-state index in [1.54, 1.807) is 12.1 Å². The van der Waals surface area contributed by atoms with Crippen LogP contribution in [0.3, 0.4) is 0 Å². The first-order valence-electron chi connectivity index (χ1n) is 10.5. The fourth-order valence-corrected chi connectivity index (χ4v) is 5.51. The number of nitrogens with one attached hydrogen (secondary N) is 1. The van der Waals surface area contributed by atoms with Gasteiger partial charge in [0.15, 0.2) is 5.82 Å². The molecule has 1 aliphatic carbocycles. The van der Waals surface area contributed by atoms with Crippen molar-refractivity contribution in [2.24, 2.45) is 0 Å². The van der Waals surface area contributed by atoms with E-state index in [9.17, 15) is 17.2 Å². The van der Waals surface area contributed by atoms with Crippen LogP contribution in [0.5, 0.6) is 0 Å². The Labute approximate surface area is 179 Å². The van der Waals surface area contributed by atoms with Crippen LogP contribution in [-0.2, 0) is 35.8 Å². The quantitative estimate of drug-likeness (QED) is 0.653. The maximum atomic E-state index is 14.7. The molecule has 1 aromatic heterocycles.